The fourth-order valence-corrected chi connectivity index (χ4v) is 6.52. The van der Waals surface area contributed by atoms with E-state index in [-0.39, 0.29) is 19.2 Å². The van der Waals surface area contributed by atoms with Crippen LogP contribution in [0, 0.1) is 6.92 Å². The Labute approximate surface area is 263 Å². The maximum absolute atomic E-state index is 13.3. The van der Waals surface area contributed by atoms with Crippen molar-refractivity contribution in [2.24, 2.45) is 7.05 Å². The summed E-state index contributed by atoms with van der Waals surface area (Å²) in [4.78, 5) is 19.2. The number of aliphatic hydroxyl groups excluding tert-OH is 1. The molecule has 1 fully saturated rings. The first-order valence-electron chi connectivity index (χ1n) is 15.9. The molecule has 0 spiro atoms. The topological polar surface area (TPSA) is 102 Å². The first-order chi connectivity index (χ1) is 22.0. The van der Waals surface area contributed by atoms with Gasteiger partial charge in [-0.1, -0.05) is 48.5 Å². The number of hydrogen-bond acceptors (Lipinski definition) is 7. The van der Waals surface area contributed by atoms with Gasteiger partial charge < -0.3 is 24.3 Å². The van der Waals surface area contributed by atoms with Gasteiger partial charge in [0.05, 0.1) is 49.9 Å². The maximum atomic E-state index is 13.3. The van der Waals surface area contributed by atoms with Crippen molar-refractivity contribution < 1.29 is 24.1 Å². The molecule has 2 N–H and O–H groups in total. The summed E-state index contributed by atoms with van der Waals surface area (Å²) in [5.41, 5.74) is 6.83. The number of carbonyl (C=O) groups excluding carboxylic acids is 1. The Bertz CT molecular complexity index is 1800. The summed E-state index contributed by atoms with van der Waals surface area (Å²) in [7, 11) is 1.87. The van der Waals surface area contributed by atoms with Gasteiger partial charge in [-0.2, -0.15) is 5.10 Å². The molecule has 0 saturated carbocycles. The fourth-order valence-electron chi connectivity index (χ4n) is 6.52. The van der Waals surface area contributed by atoms with Crippen LogP contribution in [0.5, 0.6) is 5.75 Å². The van der Waals surface area contributed by atoms with Gasteiger partial charge in [-0.3, -0.25) is 9.58 Å². The van der Waals surface area contributed by atoms with Gasteiger partial charge >= 0.3 is 5.97 Å². The Kier molecular flexibility index (Phi) is 9.49. The molecule has 6 rings (SSSR count). The van der Waals surface area contributed by atoms with Crippen LogP contribution >= 0.6 is 0 Å². The largest absolute Gasteiger partial charge is 0.493 e. The average Bonchev–Trinajstić information content (AvgIpc) is 3.60. The highest BCUT2D eigenvalue weighted by Crippen LogP contribution is 2.38. The molecule has 0 radical (unpaired) electrons. The van der Waals surface area contributed by atoms with E-state index in [1.165, 1.54) is 0 Å². The van der Waals surface area contributed by atoms with Crippen LogP contribution in [-0.2, 0) is 36.0 Å². The summed E-state index contributed by atoms with van der Waals surface area (Å²) >= 11 is 0. The number of aromatic nitrogens is 3. The Morgan fingerprint density at radius 2 is 1.87 bits per heavy atom. The number of carbonyl (C=O) groups is 1. The molecule has 9 nitrogen and oxygen atoms in total. The third-order valence-corrected chi connectivity index (χ3v) is 8.75. The molecule has 3 aromatic carbocycles. The second kappa shape index (κ2) is 13.9. The van der Waals surface area contributed by atoms with Crippen molar-refractivity contribution in [3.05, 3.63) is 82.8 Å². The molecule has 236 valence electrons. The molecule has 45 heavy (non-hydrogen) atoms. The number of aliphatic hydroxyl groups is 1. The van der Waals surface area contributed by atoms with Crippen molar-refractivity contribution in [3.63, 3.8) is 0 Å². The van der Waals surface area contributed by atoms with Gasteiger partial charge in [-0.25, -0.2) is 4.79 Å². The van der Waals surface area contributed by atoms with Crippen LogP contribution in [0.2, 0.25) is 0 Å². The van der Waals surface area contributed by atoms with Crippen LogP contribution < -0.4 is 4.74 Å². The van der Waals surface area contributed by atoms with Gasteiger partial charge in [0.25, 0.3) is 0 Å². The monoisotopic (exact) mass is 610 g/mol. The number of aryl methyl sites for hydroxylation is 3. The zero-order valence-corrected chi connectivity index (χ0v) is 26.4. The number of ether oxygens (including phenoxy) is 3. The van der Waals surface area contributed by atoms with E-state index in [0.29, 0.717) is 25.1 Å². The van der Waals surface area contributed by atoms with E-state index in [0.717, 1.165) is 100 Å². The summed E-state index contributed by atoms with van der Waals surface area (Å²) in [5, 5.41) is 18.5. The normalized spacial score (nSPS) is 14.0. The van der Waals surface area contributed by atoms with Crippen LogP contribution in [0.25, 0.3) is 32.8 Å². The second-order valence-corrected chi connectivity index (χ2v) is 11.6. The number of esters is 1. The van der Waals surface area contributed by atoms with E-state index in [1.54, 1.807) is 4.68 Å². The van der Waals surface area contributed by atoms with Gasteiger partial charge in [-0.05, 0) is 49.3 Å². The Morgan fingerprint density at radius 3 is 2.67 bits per heavy atom. The highest BCUT2D eigenvalue weighted by Gasteiger charge is 2.26. The standard InChI is InChI=1S/C36H42N4O5/c1-4-44-36(42)35-27(12-8-20-45-31-13-7-10-25-9-5-6-11-26(25)31)32-24(2)14-15-28(34(32)37-35)33-29(38-39(3)30(33)23-41)16-17-40-18-21-43-22-19-40/h5-7,9-11,13-15,37,41H,4,8,12,16-23H2,1-3H3. The molecule has 5 aromatic rings. The zero-order chi connectivity index (χ0) is 31.3. The van der Waals surface area contributed by atoms with E-state index >= 15 is 0 Å². The Hall–Kier alpha value is -4.18. The lowest BCUT2D eigenvalue weighted by Crippen LogP contribution is -2.37. The number of morpholine rings is 1. The Morgan fingerprint density at radius 1 is 1.07 bits per heavy atom. The molecule has 1 aliphatic rings. The quantitative estimate of drug-likeness (QED) is 0.140. The van der Waals surface area contributed by atoms with Gasteiger partial charge in [-0.15, -0.1) is 0 Å². The minimum Gasteiger partial charge on any atom is -0.493 e. The fraction of sp³-hybridized carbons (Fsp3) is 0.389. The summed E-state index contributed by atoms with van der Waals surface area (Å²) < 4.78 is 19.1. The maximum Gasteiger partial charge on any atom is 0.355 e. The van der Waals surface area contributed by atoms with Crippen molar-refractivity contribution in [3.8, 4) is 16.9 Å². The predicted octanol–water partition coefficient (Wildman–Crippen LogP) is 5.59. The van der Waals surface area contributed by atoms with E-state index in [2.05, 4.69) is 47.1 Å². The molecule has 1 aliphatic heterocycles. The molecule has 0 aliphatic carbocycles. The van der Waals surface area contributed by atoms with Crippen molar-refractivity contribution >= 4 is 27.6 Å². The lowest BCUT2D eigenvalue weighted by atomic mass is 9.94. The molecular formula is C36H42N4O5. The Balaban J connectivity index is 1.34. The van der Waals surface area contributed by atoms with Crippen molar-refractivity contribution in [1.82, 2.24) is 19.7 Å². The van der Waals surface area contributed by atoms with Gasteiger partial charge in [0.15, 0.2) is 0 Å². The number of rotatable bonds is 12. The third-order valence-electron chi connectivity index (χ3n) is 8.75. The number of benzene rings is 3. The first-order valence-corrected chi connectivity index (χ1v) is 15.9. The van der Waals surface area contributed by atoms with E-state index < -0.39 is 0 Å². The van der Waals surface area contributed by atoms with Gasteiger partial charge in [0.1, 0.15) is 11.4 Å². The number of aromatic amines is 1. The van der Waals surface area contributed by atoms with Crippen LogP contribution in [-0.4, -0.2) is 76.8 Å². The number of fused-ring (bicyclic) bond motifs is 2. The highest BCUT2D eigenvalue weighted by atomic mass is 16.5. The molecule has 0 bridgehead atoms. The number of nitrogens with one attached hydrogen (secondary N) is 1. The minimum atomic E-state index is -0.370. The number of H-pyrrole nitrogens is 1. The predicted molar refractivity (Wildman–Crippen MR) is 176 cm³/mol. The van der Waals surface area contributed by atoms with Crippen LogP contribution in [0.1, 0.15) is 46.3 Å². The summed E-state index contributed by atoms with van der Waals surface area (Å²) in [6, 6.07) is 18.5. The SMILES string of the molecule is CCOC(=O)c1[nH]c2c(-c3c(CCN4CCOCC4)nn(C)c3CO)ccc(C)c2c1CCCOc1cccc2ccccc12. The van der Waals surface area contributed by atoms with E-state index in [1.807, 2.05) is 38.2 Å². The number of hydrogen-bond donors (Lipinski definition) is 2. The number of nitrogens with zero attached hydrogens (tertiary/aromatic N) is 3. The average molecular weight is 611 g/mol. The zero-order valence-electron chi connectivity index (χ0n) is 26.4. The molecule has 0 amide bonds. The lowest BCUT2D eigenvalue weighted by molar-refractivity contribution is 0.0383. The van der Waals surface area contributed by atoms with Crippen molar-refractivity contribution in [1.29, 1.82) is 0 Å². The molecule has 9 heteroatoms. The molecule has 1 saturated heterocycles. The van der Waals surface area contributed by atoms with Crippen LogP contribution in [0.15, 0.2) is 54.6 Å². The molecule has 0 atom stereocenters. The van der Waals surface area contributed by atoms with Gasteiger partial charge in [0, 0.05) is 55.0 Å². The molecule has 3 heterocycles. The molecule has 2 aromatic heterocycles. The van der Waals surface area contributed by atoms with Crippen LogP contribution in [0.4, 0.5) is 0 Å². The van der Waals surface area contributed by atoms with E-state index in [9.17, 15) is 9.90 Å². The minimum absolute atomic E-state index is 0.143. The summed E-state index contributed by atoms with van der Waals surface area (Å²) in [6.07, 6.45) is 2.08. The van der Waals surface area contributed by atoms with Crippen molar-refractivity contribution in [2.45, 2.75) is 39.7 Å². The second-order valence-electron chi connectivity index (χ2n) is 11.6. The van der Waals surface area contributed by atoms with Crippen molar-refractivity contribution in [2.75, 3.05) is 46.1 Å². The smallest absolute Gasteiger partial charge is 0.355 e. The summed E-state index contributed by atoms with van der Waals surface area (Å²) in [6.45, 7) is 8.67. The third kappa shape index (κ3) is 6.33. The van der Waals surface area contributed by atoms with E-state index in [4.69, 9.17) is 19.3 Å². The molecular weight excluding hydrogens is 568 g/mol. The van der Waals surface area contributed by atoms with Crippen LogP contribution in [0.3, 0.4) is 0 Å². The lowest BCUT2D eigenvalue weighted by Gasteiger charge is -2.26. The molecule has 0 unspecified atom stereocenters. The highest BCUT2D eigenvalue weighted by molar-refractivity contribution is 6.05. The first kappa shape index (κ1) is 30.8. The summed E-state index contributed by atoms with van der Waals surface area (Å²) in [5.74, 6) is 0.485. The van der Waals surface area contributed by atoms with Gasteiger partial charge in [0.2, 0.25) is 0 Å².